The number of nitrogens with zero attached hydrogens (tertiary/aromatic N) is 1. The van der Waals surface area contributed by atoms with Crippen molar-refractivity contribution in [3.63, 3.8) is 0 Å². The second kappa shape index (κ2) is 7.85. The molecule has 1 rings (SSSR count). The Labute approximate surface area is 125 Å². The van der Waals surface area contributed by atoms with Gasteiger partial charge in [0.2, 0.25) is 0 Å². The summed E-state index contributed by atoms with van der Waals surface area (Å²) in [5.41, 5.74) is 1.56. The smallest absolute Gasteiger partial charge is 0.342 e. The molecule has 0 unspecified atom stereocenters. The first-order valence-electron chi connectivity index (χ1n) is 6.90. The summed E-state index contributed by atoms with van der Waals surface area (Å²) < 4.78 is 10.2. The van der Waals surface area contributed by atoms with Crippen molar-refractivity contribution in [1.29, 1.82) is 5.26 Å². The summed E-state index contributed by atoms with van der Waals surface area (Å²) >= 11 is 0. The highest BCUT2D eigenvalue weighted by Crippen LogP contribution is 2.47. The van der Waals surface area contributed by atoms with Crippen LogP contribution >= 0.6 is 7.53 Å². The van der Waals surface area contributed by atoms with Crippen LogP contribution in [-0.4, -0.2) is 25.2 Å². The molecule has 0 N–H and O–H groups in total. The molecule has 0 aliphatic heterocycles. The average molecular weight is 309 g/mol. The summed E-state index contributed by atoms with van der Waals surface area (Å²) in [6, 6.07) is 2.07. The Morgan fingerprint density at radius 1 is 1.05 bits per heavy atom. The number of carbonyl (C=O) groups excluding carboxylic acids is 2. The number of hydrogen-bond acceptors (Lipinski definition) is 5. The van der Waals surface area contributed by atoms with Crippen LogP contribution in [-0.2, 0) is 15.6 Å². The molecule has 114 valence electrons. The number of hydrogen-bond donors (Lipinski definition) is 0. The van der Waals surface area contributed by atoms with Crippen molar-refractivity contribution in [3.8, 4) is 6.07 Å². The summed E-state index contributed by atoms with van der Waals surface area (Å²) in [6.07, 6.45) is 0.765. The summed E-state index contributed by atoms with van der Waals surface area (Å²) in [5.74, 6) is -0.782. The van der Waals surface area contributed by atoms with E-state index in [9.17, 15) is 9.59 Å². The number of ether oxygens (including phenoxy) is 2. The standard InChI is InChI=1S/C15H20NO4P/c1-5-19-14(17)12-10(3)11(4)13(15(18)20-6-2)21(12)9-7-8-16/h5-7,9H2,1-4H3. The van der Waals surface area contributed by atoms with Crippen molar-refractivity contribution in [2.24, 2.45) is 0 Å². The fourth-order valence-corrected chi connectivity index (χ4v) is 4.89. The van der Waals surface area contributed by atoms with Gasteiger partial charge in [-0.3, -0.25) is 0 Å². The average Bonchev–Trinajstić information content (AvgIpc) is 2.69. The van der Waals surface area contributed by atoms with Crippen molar-refractivity contribution in [1.82, 2.24) is 0 Å². The van der Waals surface area contributed by atoms with Gasteiger partial charge in [0.05, 0.1) is 29.9 Å². The molecule has 0 radical (unpaired) electrons. The molecule has 0 atom stereocenters. The molecule has 0 bridgehead atoms. The molecule has 1 aromatic rings. The second-order valence-electron chi connectivity index (χ2n) is 4.45. The van der Waals surface area contributed by atoms with Crippen LogP contribution in [0.1, 0.15) is 51.6 Å². The molecule has 1 heterocycles. The van der Waals surface area contributed by atoms with Gasteiger partial charge in [0.1, 0.15) is 0 Å². The van der Waals surface area contributed by atoms with Gasteiger partial charge in [0.25, 0.3) is 0 Å². The van der Waals surface area contributed by atoms with Gasteiger partial charge in [-0.25, -0.2) is 9.59 Å². The number of rotatable bonds is 6. The summed E-state index contributed by atoms with van der Waals surface area (Å²) in [7, 11) is -1.17. The van der Waals surface area contributed by atoms with E-state index in [-0.39, 0.29) is 19.6 Å². The molecule has 0 saturated heterocycles. The molecule has 0 amide bonds. The zero-order valence-corrected chi connectivity index (χ0v) is 13.8. The van der Waals surface area contributed by atoms with E-state index in [0.717, 1.165) is 11.1 Å². The predicted octanol–water partition coefficient (Wildman–Crippen LogP) is 3.56. The Morgan fingerprint density at radius 3 is 1.81 bits per heavy atom. The van der Waals surface area contributed by atoms with E-state index >= 15 is 0 Å². The van der Waals surface area contributed by atoms with Gasteiger partial charge in [-0.2, -0.15) is 5.26 Å². The molecule has 0 fully saturated rings. The van der Waals surface area contributed by atoms with Gasteiger partial charge < -0.3 is 9.47 Å². The third-order valence-electron chi connectivity index (χ3n) is 3.20. The first-order valence-corrected chi connectivity index (χ1v) is 8.43. The molecule has 1 aromatic heterocycles. The van der Waals surface area contributed by atoms with E-state index in [0.29, 0.717) is 16.8 Å². The normalized spacial score (nSPS) is 10.0. The highest BCUT2D eigenvalue weighted by atomic mass is 31.1. The summed E-state index contributed by atoms with van der Waals surface area (Å²) in [6.45, 7) is 7.68. The maximum Gasteiger partial charge on any atom is 0.342 e. The lowest BCUT2D eigenvalue weighted by molar-refractivity contribution is 0.0523. The number of nitriles is 1. The zero-order chi connectivity index (χ0) is 16.0. The minimum Gasteiger partial charge on any atom is -0.462 e. The Bertz CT molecular complexity index is 542. The van der Waals surface area contributed by atoms with Crippen LogP contribution in [0.3, 0.4) is 0 Å². The fourth-order valence-electron chi connectivity index (χ4n) is 2.18. The van der Waals surface area contributed by atoms with E-state index in [1.54, 1.807) is 13.8 Å². The molecular weight excluding hydrogens is 289 g/mol. The van der Waals surface area contributed by atoms with Gasteiger partial charge in [-0.15, -0.1) is 0 Å². The van der Waals surface area contributed by atoms with Crippen LogP contribution in [0.25, 0.3) is 0 Å². The SMILES string of the molecule is CCOC(=O)c1c(C)c(C)c(C(=O)OCC)p1CCC#N. The van der Waals surface area contributed by atoms with Gasteiger partial charge in [-0.1, -0.05) is 7.53 Å². The number of carbonyl (C=O) groups is 2. The van der Waals surface area contributed by atoms with Gasteiger partial charge in [-0.05, 0) is 38.8 Å². The Morgan fingerprint density at radius 2 is 1.48 bits per heavy atom. The molecule has 21 heavy (non-hydrogen) atoms. The van der Waals surface area contributed by atoms with Crippen molar-refractivity contribution in [2.75, 3.05) is 13.2 Å². The Balaban J connectivity index is 3.42. The first-order chi connectivity index (χ1) is 9.99. The van der Waals surface area contributed by atoms with E-state index in [1.807, 2.05) is 13.8 Å². The lowest BCUT2D eigenvalue weighted by atomic mass is 10.1. The minimum absolute atomic E-state index is 0.283. The first kappa shape index (κ1) is 17.3. The van der Waals surface area contributed by atoms with Crippen LogP contribution < -0.4 is 0 Å². The van der Waals surface area contributed by atoms with Crippen LogP contribution in [0.2, 0.25) is 0 Å². The number of esters is 2. The molecule has 0 aromatic carbocycles. The van der Waals surface area contributed by atoms with E-state index < -0.39 is 19.5 Å². The molecule has 0 aliphatic carbocycles. The van der Waals surface area contributed by atoms with Crippen molar-refractivity contribution < 1.29 is 19.1 Å². The Hall–Kier alpha value is -1.79. The van der Waals surface area contributed by atoms with Gasteiger partial charge >= 0.3 is 11.9 Å². The van der Waals surface area contributed by atoms with Gasteiger partial charge in [0.15, 0.2) is 0 Å². The van der Waals surface area contributed by atoms with Crippen molar-refractivity contribution in [3.05, 3.63) is 21.7 Å². The lowest BCUT2D eigenvalue weighted by Crippen LogP contribution is -2.05. The van der Waals surface area contributed by atoms with Crippen LogP contribution in [0.4, 0.5) is 0 Å². The van der Waals surface area contributed by atoms with Crippen LogP contribution in [0.15, 0.2) is 0 Å². The second-order valence-corrected chi connectivity index (χ2v) is 6.65. The van der Waals surface area contributed by atoms with Crippen molar-refractivity contribution in [2.45, 2.75) is 40.3 Å². The highest BCUT2D eigenvalue weighted by molar-refractivity contribution is 7.53. The molecule has 6 heteroatoms. The quantitative estimate of drug-likeness (QED) is 0.751. The monoisotopic (exact) mass is 309 g/mol. The predicted molar refractivity (Wildman–Crippen MR) is 80.8 cm³/mol. The lowest BCUT2D eigenvalue weighted by Gasteiger charge is -2.08. The van der Waals surface area contributed by atoms with Crippen LogP contribution in [0, 0.1) is 25.2 Å². The summed E-state index contributed by atoms with van der Waals surface area (Å²) in [5, 5.41) is 9.90. The van der Waals surface area contributed by atoms with Crippen molar-refractivity contribution >= 4 is 19.5 Å². The van der Waals surface area contributed by atoms with E-state index in [2.05, 4.69) is 6.07 Å². The maximum absolute atomic E-state index is 12.2. The minimum atomic E-state index is -1.17. The van der Waals surface area contributed by atoms with E-state index in [1.165, 1.54) is 0 Å². The zero-order valence-electron chi connectivity index (χ0n) is 12.9. The molecule has 0 saturated carbocycles. The maximum atomic E-state index is 12.2. The van der Waals surface area contributed by atoms with E-state index in [4.69, 9.17) is 14.7 Å². The largest absolute Gasteiger partial charge is 0.462 e. The molecule has 5 nitrogen and oxygen atoms in total. The van der Waals surface area contributed by atoms with Gasteiger partial charge in [0, 0.05) is 12.6 Å². The van der Waals surface area contributed by atoms with Crippen LogP contribution in [0.5, 0.6) is 0 Å². The highest BCUT2D eigenvalue weighted by Gasteiger charge is 2.28. The molecule has 0 aliphatic rings. The molecule has 0 spiro atoms. The summed E-state index contributed by atoms with van der Waals surface area (Å²) in [4.78, 5) is 24.4. The molecular formula is C15H20NO4P. The Kier molecular flexibility index (Phi) is 6.45. The third kappa shape index (κ3) is 3.65. The topological polar surface area (TPSA) is 76.4 Å². The third-order valence-corrected chi connectivity index (χ3v) is 5.98. The fraction of sp³-hybridized carbons (Fsp3) is 0.533.